The van der Waals surface area contributed by atoms with Gasteiger partial charge in [0.05, 0.1) is 0 Å². The number of nitrogens with two attached hydrogens (primary N) is 1. The highest BCUT2D eigenvalue weighted by atomic mass is 16.4. The highest BCUT2D eigenvalue weighted by molar-refractivity contribution is 6.59. The zero-order valence-electron chi connectivity index (χ0n) is 8.74. The van der Waals surface area contributed by atoms with Gasteiger partial charge in [0.2, 0.25) is 0 Å². The number of hydrogen-bond acceptors (Lipinski definition) is 6. The Morgan fingerprint density at radius 1 is 1.29 bits per heavy atom. The second-order valence-electron chi connectivity index (χ2n) is 3.53. The van der Waals surface area contributed by atoms with Gasteiger partial charge in [-0.1, -0.05) is 12.1 Å². The Bertz CT molecular complexity index is 436. The molecule has 7 nitrogen and oxygen atoms in total. The van der Waals surface area contributed by atoms with Gasteiger partial charge in [-0.25, -0.2) is 0 Å². The summed E-state index contributed by atoms with van der Waals surface area (Å²) < 4.78 is 0. The van der Waals surface area contributed by atoms with Gasteiger partial charge >= 0.3 is 13.1 Å². The highest BCUT2D eigenvalue weighted by Crippen LogP contribution is 2.27. The first-order chi connectivity index (χ1) is 7.84. The van der Waals surface area contributed by atoms with Crippen LogP contribution >= 0.6 is 0 Å². The maximum Gasteiger partial charge on any atom is 0.492 e. The summed E-state index contributed by atoms with van der Waals surface area (Å²) in [5, 5.41) is 45.3. The van der Waals surface area contributed by atoms with Gasteiger partial charge in [0.1, 0.15) is 6.04 Å². The molecule has 1 aromatic rings. The lowest BCUT2D eigenvalue weighted by atomic mass is 9.78. The number of aromatic hydroxyl groups is 2. The first-order valence-electron chi connectivity index (χ1n) is 4.72. The maximum atomic E-state index is 10.5. The Labute approximate surface area is 96.9 Å². The molecule has 1 aromatic carbocycles. The van der Waals surface area contributed by atoms with Crippen LogP contribution in [0.3, 0.4) is 0 Å². The molecular weight excluding hydrogens is 229 g/mol. The zero-order valence-corrected chi connectivity index (χ0v) is 8.74. The van der Waals surface area contributed by atoms with E-state index in [0.717, 1.165) is 0 Å². The maximum absolute atomic E-state index is 10.5. The predicted molar refractivity (Wildman–Crippen MR) is 58.9 cm³/mol. The molecule has 1 atom stereocenters. The fourth-order valence-electron chi connectivity index (χ4n) is 1.33. The number of aliphatic carboxylic acids is 1. The van der Waals surface area contributed by atoms with Crippen molar-refractivity contribution in [1.29, 1.82) is 0 Å². The first-order valence-corrected chi connectivity index (χ1v) is 4.72. The Morgan fingerprint density at radius 2 is 1.88 bits per heavy atom. The summed E-state index contributed by atoms with van der Waals surface area (Å²) in [7, 11) is -1.93. The number of carboxylic acids is 1. The number of carboxylic acid groups (broad SMARTS) is 1. The molecule has 92 valence electrons. The third kappa shape index (κ3) is 2.87. The third-order valence-electron chi connectivity index (χ3n) is 2.30. The van der Waals surface area contributed by atoms with Crippen molar-refractivity contribution in [3.05, 3.63) is 17.7 Å². The van der Waals surface area contributed by atoms with Crippen LogP contribution in [-0.2, 0) is 11.2 Å². The quantitative estimate of drug-likeness (QED) is 0.257. The van der Waals surface area contributed by atoms with Crippen LogP contribution in [0, 0.1) is 0 Å². The van der Waals surface area contributed by atoms with Gasteiger partial charge in [-0.05, 0) is 5.56 Å². The van der Waals surface area contributed by atoms with E-state index < -0.39 is 30.6 Å². The van der Waals surface area contributed by atoms with Crippen LogP contribution < -0.4 is 11.2 Å². The summed E-state index contributed by atoms with van der Waals surface area (Å²) in [4.78, 5) is 10.5. The van der Waals surface area contributed by atoms with Crippen molar-refractivity contribution in [2.75, 3.05) is 0 Å². The number of phenolic OH excluding ortho intramolecular Hbond substituents is 2. The average molecular weight is 241 g/mol. The monoisotopic (exact) mass is 241 g/mol. The Morgan fingerprint density at radius 3 is 2.35 bits per heavy atom. The van der Waals surface area contributed by atoms with Gasteiger partial charge < -0.3 is 31.1 Å². The smallest absolute Gasteiger partial charge is 0.492 e. The second kappa shape index (κ2) is 5.04. The lowest BCUT2D eigenvalue weighted by Gasteiger charge is -2.12. The normalized spacial score (nSPS) is 12.2. The number of hydrogen-bond donors (Lipinski definition) is 6. The Hall–Kier alpha value is -1.77. The van der Waals surface area contributed by atoms with Gasteiger partial charge in [0.15, 0.2) is 11.5 Å². The molecule has 1 rings (SSSR count). The van der Waals surface area contributed by atoms with E-state index in [1.807, 2.05) is 0 Å². The van der Waals surface area contributed by atoms with Crippen molar-refractivity contribution in [1.82, 2.24) is 0 Å². The Kier molecular flexibility index (Phi) is 3.95. The van der Waals surface area contributed by atoms with Crippen LogP contribution in [0.2, 0.25) is 0 Å². The lowest BCUT2D eigenvalue weighted by Crippen LogP contribution is -2.33. The minimum absolute atomic E-state index is 0.113. The van der Waals surface area contributed by atoms with Crippen LogP contribution in [0.5, 0.6) is 11.5 Å². The number of phenols is 2. The third-order valence-corrected chi connectivity index (χ3v) is 2.30. The standard InChI is InChI=1S/C9H12BNO6/c11-6(9(14)15)3-4-1-2-5(10(16)17)8(13)7(4)12/h1-2,6,12-13,16-17H,3,11H2,(H,14,15). The van der Waals surface area contributed by atoms with Crippen LogP contribution in [0.25, 0.3) is 0 Å². The van der Waals surface area contributed by atoms with Crippen molar-refractivity contribution in [3.63, 3.8) is 0 Å². The van der Waals surface area contributed by atoms with E-state index in [1.54, 1.807) is 0 Å². The molecular formula is C9H12BNO6. The molecule has 0 amide bonds. The van der Waals surface area contributed by atoms with Gasteiger partial charge in [-0.2, -0.15) is 0 Å². The second-order valence-corrected chi connectivity index (χ2v) is 3.53. The molecule has 7 N–H and O–H groups in total. The molecule has 0 saturated carbocycles. The van der Waals surface area contributed by atoms with Gasteiger partial charge in [0, 0.05) is 11.9 Å². The summed E-state index contributed by atoms with van der Waals surface area (Å²) >= 11 is 0. The minimum atomic E-state index is -1.93. The summed E-state index contributed by atoms with van der Waals surface area (Å²) in [6.45, 7) is 0. The molecule has 1 unspecified atom stereocenters. The van der Waals surface area contributed by atoms with Gasteiger partial charge in [0.25, 0.3) is 0 Å². The number of rotatable bonds is 4. The molecule has 0 heterocycles. The summed E-state index contributed by atoms with van der Waals surface area (Å²) in [6.07, 6.45) is -0.184. The van der Waals surface area contributed by atoms with Gasteiger partial charge in [-0.3, -0.25) is 4.79 Å². The topological polar surface area (TPSA) is 144 Å². The van der Waals surface area contributed by atoms with Crippen molar-refractivity contribution in [2.24, 2.45) is 5.73 Å². The first kappa shape index (κ1) is 13.3. The van der Waals surface area contributed by atoms with E-state index in [-0.39, 0.29) is 17.4 Å². The van der Waals surface area contributed by atoms with Crippen LogP contribution in [0.15, 0.2) is 12.1 Å². The van der Waals surface area contributed by atoms with Crippen molar-refractivity contribution >= 4 is 18.6 Å². The number of benzene rings is 1. The Balaban J connectivity index is 3.04. The molecule has 0 fully saturated rings. The molecule has 0 spiro atoms. The summed E-state index contributed by atoms with van der Waals surface area (Å²) in [5.74, 6) is -2.54. The van der Waals surface area contributed by atoms with Crippen LogP contribution in [-0.4, -0.2) is 44.5 Å². The lowest BCUT2D eigenvalue weighted by molar-refractivity contribution is -0.138. The van der Waals surface area contributed by atoms with E-state index in [9.17, 15) is 15.0 Å². The summed E-state index contributed by atoms with van der Waals surface area (Å²) in [6, 6.07) is 1.22. The molecule has 0 saturated heterocycles. The number of carbonyl (C=O) groups is 1. The fourth-order valence-corrected chi connectivity index (χ4v) is 1.33. The van der Waals surface area contributed by atoms with Crippen molar-refractivity contribution in [3.8, 4) is 11.5 Å². The molecule has 8 heteroatoms. The molecule has 0 radical (unpaired) electrons. The molecule has 0 aliphatic heterocycles. The largest absolute Gasteiger partial charge is 0.505 e. The molecule has 0 aliphatic rings. The fraction of sp³-hybridized carbons (Fsp3) is 0.222. The zero-order chi connectivity index (χ0) is 13.2. The van der Waals surface area contributed by atoms with Crippen molar-refractivity contribution < 1.29 is 30.2 Å². The van der Waals surface area contributed by atoms with E-state index >= 15 is 0 Å². The highest BCUT2D eigenvalue weighted by Gasteiger charge is 2.22. The van der Waals surface area contributed by atoms with E-state index in [0.29, 0.717) is 0 Å². The van der Waals surface area contributed by atoms with Crippen LogP contribution in [0.1, 0.15) is 5.56 Å². The average Bonchev–Trinajstić information content (AvgIpc) is 2.24. The predicted octanol–water partition coefficient (Wildman–Crippen LogP) is -2.27. The SMILES string of the molecule is NC(Cc1ccc(B(O)O)c(O)c1O)C(=O)O. The molecule has 17 heavy (non-hydrogen) atoms. The van der Waals surface area contributed by atoms with Crippen molar-refractivity contribution in [2.45, 2.75) is 12.5 Å². The molecule has 0 aliphatic carbocycles. The van der Waals surface area contributed by atoms with Crippen LogP contribution in [0.4, 0.5) is 0 Å². The summed E-state index contributed by atoms with van der Waals surface area (Å²) in [5.41, 5.74) is 5.12. The molecule has 0 bridgehead atoms. The van der Waals surface area contributed by atoms with Gasteiger partial charge in [-0.15, -0.1) is 0 Å². The van der Waals surface area contributed by atoms with E-state index in [2.05, 4.69) is 0 Å². The minimum Gasteiger partial charge on any atom is -0.505 e. The molecule has 0 aromatic heterocycles. The van der Waals surface area contributed by atoms with E-state index in [4.69, 9.17) is 20.9 Å². The van der Waals surface area contributed by atoms with E-state index in [1.165, 1.54) is 12.1 Å².